The number of carbonyl (C=O) groups is 1. The van der Waals surface area contributed by atoms with Crippen LogP contribution in [0.2, 0.25) is 5.02 Å². The SMILES string of the molecule is Cc1nn(-c2ccc(C=O)s2)c(C)c1Cl. The molecule has 0 aliphatic rings. The van der Waals surface area contributed by atoms with Crippen molar-refractivity contribution < 1.29 is 4.79 Å². The number of carbonyl (C=O) groups excluding carboxylic acids is 1. The second-order valence-electron chi connectivity index (χ2n) is 3.19. The summed E-state index contributed by atoms with van der Waals surface area (Å²) >= 11 is 7.44. The second kappa shape index (κ2) is 3.79. The van der Waals surface area contributed by atoms with Crippen LogP contribution in [0, 0.1) is 13.8 Å². The van der Waals surface area contributed by atoms with Crippen molar-refractivity contribution in [2.45, 2.75) is 13.8 Å². The molecule has 0 amide bonds. The van der Waals surface area contributed by atoms with Gasteiger partial charge < -0.3 is 0 Å². The molecule has 5 heteroatoms. The molecular weight excluding hydrogens is 232 g/mol. The maximum absolute atomic E-state index is 10.6. The van der Waals surface area contributed by atoms with Crippen molar-refractivity contribution >= 4 is 29.2 Å². The average Bonchev–Trinajstić information content (AvgIpc) is 2.79. The van der Waals surface area contributed by atoms with Gasteiger partial charge in [0.2, 0.25) is 0 Å². The van der Waals surface area contributed by atoms with E-state index < -0.39 is 0 Å². The van der Waals surface area contributed by atoms with E-state index in [1.165, 1.54) is 11.3 Å². The first kappa shape index (κ1) is 10.4. The molecule has 0 aliphatic carbocycles. The number of nitrogens with zero attached hydrogens (tertiary/aromatic N) is 2. The van der Waals surface area contributed by atoms with E-state index >= 15 is 0 Å². The Bertz CT molecular complexity index is 515. The van der Waals surface area contributed by atoms with Gasteiger partial charge in [0.05, 0.1) is 21.3 Å². The summed E-state index contributed by atoms with van der Waals surface area (Å²) in [5, 5.41) is 5.89. The van der Waals surface area contributed by atoms with E-state index in [-0.39, 0.29) is 0 Å². The van der Waals surface area contributed by atoms with Crippen LogP contribution in [-0.4, -0.2) is 16.1 Å². The number of thiophene rings is 1. The summed E-state index contributed by atoms with van der Waals surface area (Å²) in [6, 6.07) is 3.64. The molecule has 0 saturated heterocycles. The highest BCUT2D eigenvalue weighted by Gasteiger charge is 2.11. The van der Waals surface area contributed by atoms with Crippen molar-refractivity contribution in [3.63, 3.8) is 0 Å². The Labute approximate surface area is 96.3 Å². The van der Waals surface area contributed by atoms with Crippen molar-refractivity contribution in [2.75, 3.05) is 0 Å². The summed E-state index contributed by atoms with van der Waals surface area (Å²) < 4.78 is 1.76. The molecular formula is C10H9ClN2OS. The molecule has 0 aliphatic heterocycles. The Morgan fingerprint density at radius 3 is 2.67 bits per heavy atom. The predicted octanol–water partition coefficient (Wildman–Crippen LogP) is 3.02. The fourth-order valence-corrected chi connectivity index (χ4v) is 2.30. The largest absolute Gasteiger partial charge is 0.297 e. The molecule has 2 aromatic heterocycles. The van der Waals surface area contributed by atoms with Crippen LogP contribution in [0.15, 0.2) is 12.1 Å². The maximum atomic E-state index is 10.6. The Hall–Kier alpha value is -1.13. The van der Waals surface area contributed by atoms with Crippen LogP contribution < -0.4 is 0 Å². The molecule has 0 unspecified atom stereocenters. The Morgan fingerprint density at radius 1 is 1.47 bits per heavy atom. The molecule has 0 atom stereocenters. The minimum Gasteiger partial charge on any atom is -0.297 e. The zero-order valence-electron chi connectivity index (χ0n) is 8.32. The van der Waals surface area contributed by atoms with Crippen molar-refractivity contribution in [1.82, 2.24) is 9.78 Å². The molecule has 3 nitrogen and oxygen atoms in total. The topological polar surface area (TPSA) is 34.9 Å². The van der Waals surface area contributed by atoms with Crippen LogP contribution in [0.25, 0.3) is 5.00 Å². The molecule has 0 bridgehead atoms. The van der Waals surface area contributed by atoms with Gasteiger partial charge in [0.1, 0.15) is 5.00 Å². The number of hydrogen-bond donors (Lipinski definition) is 0. The monoisotopic (exact) mass is 240 g/mol. The highest BCUT2D eigenvalue weighted by atomic mass is 35.5. The normalized spacial score (nSPS) is 10.6. The molecule has 2 aromatic rings. The third-order valence-corrected chi connectivity index (χ3v) is 3.67. The van der Waals surface area contributed by atoms with Gasteiger partial charge in [-0.15, -0.1) is 11.3 Å². The number of aldehydes is 1. The molecule has 78 valence electrons. The predicted molar refractivity (Wildman–Crippen MR) is 61.3 cm³/mol. The smallest absolute Gasteiger partial charge is 0.160 e. The lowest BCUT2D eigenvalue weighted by atomic mass is 10.4. The van der Waals surface area contributed by atoms with Gasteiger partial charge in [0, 0.05) is 0 Å². The minimum absolute atomic E-state index is 0.677. The molecule has 15 heavy (non-hydrogen) atoms. The van der Waals surface area contributed by atoms with Gasteiger partial charge in [0.15, 0.2) is 6.29 Å². The summed E-state index contributed by atoms with van der Waals surface area (Å²) in [5.74, 6) is 0. The van der Waals surface area contributed by atoms with Gasteiger partial charge >= 0.3 is 0 Å². The minimum atomic E-state index is 0.677. The number of halogens is 1. The van der Waals surface area contributed by atoms with Gasteiger partial charge in [-0.1, -0.05) is 11.6 Å². The van der Waals surface area contributed by atoms with Crippen LogP contribution in [-0.2, 0) is 0 Å². The lowest BCUT2D eigenvalue weighted by molar-refractivity contribution is 0.112. The first-order valence-corrected chi connectivity index (χ1v) is 5.60. The van der Waals surface area contributed by atoms with Crippen molar-refractivity contribution in [2.24, 2.45) is 0 Å². The molecule has 2 heterocycles. The van der Waals surface area contributed by atoms with Crippen LogP contribution in [0.3, 0.4) is 0 Å². The van der Waals surface area contributed by atoms with E-state index in [4.69, 9.17) is 11.6 Å². The van der Waals surface area contributed by atoms with Gasteiger partial charge in [-0.25, -0.2) is 4.68 Å². The highest BCUT2D eigenvalue weighted by molar-refractivity contribution is 7.16. The van der Waals surface area contributed by atoms with E-state index in [9.17, 15) is 4.79 Å². The van der Waals surface area contributed by atoms with E-state index in [0.717, 1.165) is 22.7 Å². The van der Waals surface area contributed by atoms with Crippen molar-refractivity contribution in [1.29, 1.82) is 0 Å². The second-order valence-corrected chi connectivity index (χ2v) is 4.66. The number of aromatic nitrogens is 2. The maximum Gasteiger partial charge on any atom is 0.160 e. The van der Waals surface area contributed by atoms with E-state index in [2.05, 4.69) is 5.10 Å². The van der Waals surface area contributed by atoms with Crippen LogP contribution in [0.1, 0.15) is 21.1 Å². The lowest BCUT2D eigenvalue weighted by Crippen LogP contribution is -1.95. The average molecular weight is 241 g/mol. The van der Waals surface area contributed by atoms with Crippen molar-refractivity contribution in [3.8, 4) is 5.00 Å². The van der Waals surface area contributed by atoms with Gasteiger partial charge in [-0.2, -0.15) is 5.10 Å². The fourth-order valence-electron chi connectivity index (χ4n) is 1.36. The van der Waals surface area contributed by atoms with Crippen molar-refractivity contribution in [3.05, 3.63) is 33.4 Å². The summed E-state index contributed by atoms with van der Waals surface area (Å²) in [5.41, 5.74) is 1.70. The van der Waals surface area contributed by atoms with Gasteiger partial charge in [-0.05, 0) is 26.0 Å². The quantitative estimate of drug-likeness (QED) is 0.757. The van der Waals surface area contributed by atoms with Gasteiger partial charge in [-0.3, -0.25) is 4.79 Å². The molecule has 0 spiro atoms. The van der Waals surface area contributed by atoms with Gasteiger partial charge in [0.25, 0.3) is 0 Å². The van der Waals surface area contributed by atoms with Crippen LogP contribution in [0.4, 0.5) is 0 Å². The zero-order chi connectivity index (χ0) is 11.0. The third-order valence-electron chi connectivity index (χ3n) is 2.14. The number of hydrogen-bond acceptors (Lipinski definition) is 3. The molecule has 0 aromatic carbocycles. The third kappa shape index (κ3) is 1.70. The Morgan fingerprint density at radius 2 is 2.20 bits per heavy atom. The number of rotatable bonds is 2. The fraction of sp³-hybridized carbons (Fsp3) is 0.200. The first-order chi connectivity index (χ1) is 7.13. The van der Waals surface area contributed by atoms with Crippen LogP contribution >= 0.6 is 22.9 Å². The number of aryl methyl sites for hydroxylation is 1. The molecule has 0 fully saturated rings. The highest BCUT2D eigenvalue weighted by Crippen LogP contribution is 2.26. The molecule has 0 saturated carbocycles. The summed E-state index contributed by atoms with van der Waals surface area (Å²) in [4.78, 5) is 11.3. The molecule has 0 N–H and O–H groups in total. The van der Waals surface area contributed by atoms with E-state index in [1.807, 2.05) is 19.9 Å². The van der Waals surface area contributed by atoms with Crippen LogP contribution in [0.5, 0.6) is 0 Å². The zero-order valence-corrected chi connectivity index (χ0v) is 9.89. The molecule has 0 radical (unpaired) electrons. The Balaban J connectivity index is 2.53. The summed E-state index contributed by atoms with van der Waals surface area (Å²) in [7, 11) is 0. The standard InChI is InChI=1S/C10H9ClN2OS/c1-6-10(11)7(2)13(12-6)9-4-3-8(5-14)15-9/h3-5H,1-2H3. The summed E-state index contributed by atoms with van der Waals surface area (Å²) in [6.45, 7) is 3.77. The Kier molecular flexibility index (Phi) is 2.63. The molecule has 2 rings (SSSR count). The summed E-state index contributed by atoms with van der Waals surface area (Å²) in [6.07, 6.45) is 0.835. The first-order valence-electron chi connectivity index (χ1n) is 4.40. The van der Waals surface area contributed by atoms with E-state index in [1.54, 1.807) is 10.7 Å². The van der Waals surface area contributed by atoms with E-state index in [0.29, 0.717) is 9.90 Å². The lowest BCUT2D eigenvalue weighted by Gasteiger charge is -1.98.